The van der Waals surface area contributed by atoms with E-state index in [-0.39, 0.29) is 5.56 Å². The SMILES string of the molecule is COC(=O)c1ccccc1C(O)CO. The van der Waals surface area contributed by atoms with Gasteiger partial charge in [0.1, 0.15) is 6.10 Å². The van der Waals surface area contributed by atoms with Crippen molar-refractivity contribution >= 4 is 5.97 Å². The fourth-order valence-corrected chi connectivity index (χ4v) is 1.18. The van der Waals surface area contributed by atoms with Gasteiger partial charge in [0.2, 0.25) is 0 Å². The van der Waals surface area contributed by atoms with Gasteiger partial charge in [-0.15, -0.1) is 0 Å². The highest BCUT2D eigenvalue weighted by Gasteiger charge is 2.16. The van der Waals surface area contributed by atoms with Gasteiger partial charge in [0.05, 0.1) is 19.3 Å². The van der Waals surface area contributed by atoms with Crippen molar-refractivity contribution in [3.05, 3.63) is 35.4 Å². The smallest absolute Gasteiger partial charge is 0.338 e. The van der Waals surface area contributed by atoms with E-state index in [2.05, 4.69) is 4.74 Å². The van der Waals surface area contributed by atoms with Crippen molar-refractivity contribution in [2.75, 3.05) is 13.7 Å². The number of benzene rings is 1. The standard InChI is InChI=1S/C10H12O4/c1-14-10(13)8-5-3-2-4-7(8)9(12)6-11/h2-5,9,11-12H,6H2,1H3. The summed E-state index contributed by atoms with van der Waals surface area (Å²) in [5.41, 5.74) is 0.651. The average Bonchev–Trinajstić information content (AvgIpc) is 2.27. The Bertz CT molecular complexity index is 322. The van der Waals surface area contributed by atoms with Crippen molar-refractivity contribution in [1.82, 2.24) is 0 Å². The minimum absolute atomic E-state index is 0.275. The van der Waals surface area contributed by atoms with Gasteiger partial charge in [-0.3, -0.25) is 0 Å². The summed E-state index contributed by atoms with van der Waals surface area (Å²) in [6.45, 7) is -0.423. The van der Waals surface area contributed by atoms with E-state index in [1.807, 2.05) is 0 Å². The lowest BCUT2D eigenvalue weighted by Gasteiger charge is -2.11. The maximum absolute atomic E-state index is 11.2. The highest BCUT2D eigenvalue weighted by molar-refractivity contribution is 5.91. The van der Waals surface area contributed by atoms with E-state index in [0.717, 1.165) is 0 Å². The third-order valence-corrected chi connectivity index (χ3v) is 1.90. The molecule has 76 valence electrons. The molecule has 0 radical (unpaired) electrons. The van der Waals surface area contributed by atoms with Gasteiger partial charge in [-0.25, -0.2) is 4.79 Å². The van der Waals surface area contributed by atoms with Crippen molar-refractivity contribution in [2.45, 2.75) is 6.10 Å². The number of methoxy groups -OCH3 is 1. The third kappa shape index (κ3) is 2.10. The van der Waals surface area contributed by atoms with Crippen LogP contribution in [0.2, 0.25) is 0 Å². The molecule has 4 heteroatoms. The van der Waals surface area contributed by atoms with Crippen molar-refractivity contribution in [2.24, 2.45) is 0 Å². The van der Waals surface area contributed by atoms with Gasteiger partial charge >= 0.3 is 5.97 Å². The molecule has 0 saturated heterocycles. The molecule has 0 fully saturated rings. The number of aliphatic hydroxyl groups is 2. The summed E-state index contributed by atoms with van der Waals surface area (Å²) >= 11 is 0. The summed E-state index contributed by atoms with van der Waals surface area (Å²) in [5, 5.41) is 18.2. The zero-order chi connectivity index (χ0) is 10.6. The first-order valence-electron chi connectivity index (χ1n) is 4.17. The van der Waals surface area contributed by atoms with E-state index in [1.165, 1.54) is 7.11 Å². The lowest BCUT2D eigenvalue weighted by molar-refractivity contribution is 0.0582. The fraction of sp³-hybridized carbons (Fsp3) is 0.300. The first kappa shape index (κ1) is 10.7. The maximum Gasteiger partial charge on any atom is 0.338 e. The number of hydrogen-bond donors (Lipinski definition) is 2. The second-order valence-electron chi connectivity index (χ2n) is 2.78. The molecule has 0 aliphatic heterocycles. The Balaban J connectivity index is 3.09. The Morgan fingerprint density at radius 2 is 2.14 bits per heavy atom. The maximum atomic E-state index is 11.2. The summed E-state index contributed by atoms with van der Waals surface area (Å²) in [6.07, 6.45) is -1.05. The molecule has 0 aliphatic rings. The van der Waals surface area contributed by atoms with Crippen LogP contribution in [-0.2, 0) is 4.74 Å². The number of esters is 1. The Hall–Kier alpha value is -1.39. The van der Waals surface area contributed by atoms with Crippen LogP contribution in [0.3, 0.4) is 0 Å². The molecule has 1 unspecified atom stereocenters. The summed E-state index contributed by atoms with van der Waals surface area (Å²) in [7, 11) is 1.27. The number of rotatable bonds is 3. The molecule has 0 heterocycles. The zero-order valence-corrected chi connectivity index (χ0v) is 7.80. The van der Waals surface area contributed by atoms with Gasteiger partial charge in [-0.1, -0.05) is 18.2 Å². The van der Waals surface area contributed by atoms with Crippen LogP contribution in [0.25, 0.3) is 0 Å². The molecule has 0 saturated carbocycles. The Morgan fingerprint density at radius 3 is 2.71 bits per heavy atom. The van der Waals surface area contributed by atoms with Gasteiger partial charge in [-0.2, -0.15) is 0 Å². The molecule has 1 rings (SSSR count). The molecule has 1 aromatic rings. The molecule has 0 aliphatic carbocycles. The van der Waals surface area contributed by atoms with E-state index >= 15 is 0 Å². The number of carbonyl (C=O) groups is 1. The van der Waals surface area contributed by atoms with Crippen LogP contribution in [0.5, 0.6) is 0 Å². The van der Waals surface area contributed by atoms with Crippen molar-refractivity contribution in [3.8, 4) is 0 Å². The molecule has 1 atom stereocenters. The van der Waals surface area contributed by atoms with Gasteiger partial charge < -0.3 is 14.9 Å². The second kappa shape index (κ2) is 4.74. The lowest BCUT2D eigenvalue weighted by atomic mass is 10.0. The van der Waals surface area contributed by atoms with E-state index in [4.69, 9.17) is 5.11 Å². The summed E-state index contributed by atoms with van der Waals surface area (Å²) < 4.78 is 4.54. The lowest BCUT2D eigenvalue weighted by Crippen LogP contribution is -2.11. The Kier molecular flexibility index (Phi) is 3.62. The fourth-order valence-electron chi connectivity index (χ4n) is 1.18. The number of carbonyl (C=O) groups excluding carboxylic acids is 1. The third-order valence-electron chi connectivity index (χ3n) is 1.90. The van der Waals surface area contributed by atoms with Crippen LogP contribution < -0.4 is 0 Å². The van der Waals surface area contributed by atoms with Crippen LogP contribution in [0.4, 0.5) is 0 Å². The molecule has 0 amide bonds. The molecule has 14 heavy (non-hydrogen) atoms. The minimum Gasteiger partial charge on any atom is -0.465 e. The first-order chi connectivity index (χ1) is 6.70. The Labute approximate surface area is 81.8 Å². The molecule has 0 bridgehead atoms. The topological polar surface area (TPSA) is 66.8 Å². The Morgan fingerprint density at radius 1 is 1.50 bits per heavy atom. The number of hydrogen-bond acceptors (Lipinski definition) is 4. The van der Waals surface area contributed by atoms with E-state index < -0.39 is 18.7 Å². The molecular weight excluding hydrogens is 184 g/mol. The van der Waals surface area contributed by atoms with E-state index in [9.17, 15) is 9.90 Å². The van der Waals surface area contributed by atoms with E-state index in [1.54, 1.807) is 24.3 Å². The van der Waals surface area contributed by atoms with Gasteiger partial charge in [0.25, 0.3) is 0 Å². The first-order valence-corrected chi connectivity index (χ1v) is 4.17. The normalized spacial score (nSPS) is 12.2. The average molecular weight is 196 g/mol. The van der Waals surface area contributed by atoms with Crippen LogP contribution in [0.1, 0.15) is 22.0 Å². The highest BCUT2D eigenvalue weighted by Crippen LogP contribution is 2.17. The summed E-state index contributed by atoms with van der Waals surface area (Å²) in [6, 6.07) is 6.47. The van der Waals surface area contributed by atoms with Gasteiger partial charge in [0, 0.05) is 0 Å². The van der Waals surface area contributed by atoms with Gasteiger partial charge in [-0.05, 0) is 11.6 Å². The van der Waals surface area contributed by atoms with Crippen LogP contribution >= 0.6 is 0 Å². The van der Waals surface area contributed by atoms with Crippen molar-refractivity contribution in [3.63, 3.8) is 0 Å². The minimum atomic E-state index is -1.05. The molecule has 2 N–H and O–H groups in total. The molecule has 1 aromatic carbocycles. The quantitative estimate of drug-likeness (QED) is 0.691. The largest absolute Gasteiger partial charge is 0.465 e. The number of aliphatic hydroxyl groups excluding tert-OH is 2. The van der Waals surface area contributed by atoms with Crippen LogP contribution in [0, 0.1) is 0 Å². The predicted molar refractivity (Wildman–Crippen MR) is 49.8 cm³/mol. The highest BCUT2D eigenvalue weighted by atomic mass is 16.5. The summed E-state index contributed by atoms with van der Waals surface area (Å²) in [4.78, 5) is 11.2. The molecule has 4 nitrogen and oxygen atoms in total. The van der Waals surface area contributed by atoms with Crippen LogP contribution in [0.15, 0.2) is 24.3 Å². The second-order valence-corrected chi connectivity index (χ2v) is 2.78. The van der Waals surface area contributed by atoms with E-state index in [0.29, 0.717) is 5.56 Å². The van der Waals surface area contributed by atoms with Crippen molar-refractivity contribution in [1.29, 1.82) is 0 Å². The molecule has 0 spiro atoms. The molecule has 0 aromatic heterocycles. The number of ether oxygens (including phenoxy) is 1. The zero-order valence-electron chi connectivity index (χ0n) is 7.80. The molecular formula is C10H12O4. The summed E-state index contributed by atoms with van der Waals surface area (Å²) in [5.74, 6) is -0.520. The predicted octanol–water partition coefficient (Wildman–Crippen LogP) is 0.499. The monoisotopic (exact) mass is 196 g/mol. The van der Waals surface area contributed by atoms with Gasteiger partial charge in [0.15, 0.2) is 0 Å². The van der Waals surface area contributed by atoms with Crippen molar-refractivity contribution < 1.29 is 19.7 Å². The van der Waals surface area contributed by atoms with Crippen LogP contribution in [-0.4, -0.2) is 29.9 Å².